The van der Waals surface area contributed by atoms with Gasteiger partial charge in [-0.15, -0.1) is 11.3 Å². The number of carbonyl (C=O) groups is 2. The lowest BCUT2D eigenvalue weighted by Crippen LogP contribution is -2.13. The minimum Gasteiger partial charge on any atom is -0.326 e. The van der Waals surface area contributed by atoms with Gasteiger partial charge in [0.2, 0.25) is 5.91 Å². The number of hydrogen-bond donors (Lipinski definition) is 2. The Morgan fingerprint density at radius 2 is 1.96 bits per heavy atom. The molecule has 5 nitrogen and oxygen atoms in total. The first kappa shape index (κ1) is 19.0. The molecule has 0 saturated carbocycles. The molecule has 27 heavy (non-hydrogen) atoms. The summed E-state index contributed by atoms with van der Waals surface area (Å²) in [5, 5.41) is 7.83. The van der Waals surface area contributed by atoms with Crippen LogP contribution in [0.15, 0.2) is 47.8 Å². The standard InChI is InChI=1S/C19H15ClFN3O2S/c1-11(25)22-13-6-7-16(14(20)9-13)24-19(26)17-10-27-18(23-17)8-12-4-2-3-5-15(12)21/h2-7,9-10H,8H2,1H3,(H,22,25)(H,24,26). The maximum absolute atomic E-state index is 13.7. The molecule has 3 rings (SSSR count). The highest BCUT2D eigenvalue weighted by atomic mass is 35.5. The highest BCUT2D eigenvalue weighted by Crippen LogP contribution is 2.26. The minimum atomic E-state index is -0.416. The molecule has 0 bridgehead atoms. The van der Waals surface area contributed by atoms with Crippen LogP contribution in [0.4, 0.5) is 15.8 Å². The molecule has 0 unspecified atom stereocenters. The van der Waals surface area contributed by atoms with Crippen LogP contribution in [0, 0.1) is 5.82 Å². The Morgan fingerprint density at radius 3 is 2.67 bits per heavy atom. The predicted molar refractivity (Wildman–Crippen MR) is 105 cm³/mol. The number of anilines is 2. The monoisotopic (exact) mass is 403 g/mol. The number of aromatic nitrogens is 1. The molecule has 0 aliphatic rings. The summed E-state index contributed by atoms with van der Waals surface area (Å²) in [6.45, 7) is 1.39. The van der Waals surface area contributed by atoms with E-state index in [1.54, 1.807) is 41.8 Å². The van der Waals surface area contributed by atoms with E-state index in [4.69, 9.17) is 11.6 Å². The molecule has 0 spiro atoms. The van der Waals surface area contributed by atoms with Crippen molar-refractivity contribution in [2.45, 2.75) is 13.3 Å². The van der Waals surface area contributed by atoms with Crippen molar-refractivity contribution in [2.24, 2.45) is 0 Å². The first-order valence-electron chi connectivity index (χ1n) is 7.98. The summed E-state index contributed by atoms with van der Waals surface area (Å²) in [6.07, 6.45) is 0.316. The molecule has 0 saturated heterocycles. The zero-order chi connectivity index (χ0) is 19.4. The fourth-order valence-electron chi connectivity index (χ4n) is 2.38. The second-order valence-electron chi connectivity index (χ2n) is 5.72. The van der Waals surface area contributed by atoms with Crippen LogP contribution in [0.25, 0.3) is 0 Å². The first-order chi connectivity index (χ1) is 12.9. The molecule has 0 aliphatic carbocycles. The van der Waals surface area contributed by atoms with Crippen molar-refractivity contribution in [3.05, 3.63) is 74.9 Å². The van der Waals surface area contributed by atoms with E-state index in [1.165, 1.54) is 24.3 Å². The third kappa shape index (κ3) is 4.90. The van der Waals surface area contributed by atoms with Gasteiger partial charge in [-0.3, -0.25) is 9.59 Å². The second-order valence-corrected chi connectivity index (χ2v) is 7.07. The SMILES string of the molecule is CC(=O)Nc1ccc(NC(=O)c2csc(Cc3ccccc3F)n2)c(Cl)c1. The van der Waals surface area contributed by atoms with E-state index >= 15 is 0 Å². The molecule has 2 aromatic carbocycles. The van der Waals surface area contributed by atoms with Crippen LogP contribution in [-0.2, 0) is 11.2 Å². The maximum atomic E-state index is 13.7. The van der Waals surface area contributed by atoms with Gasteiger partial charge in [0, 0.05) is 24.4 Å². The number of thiazole rings is 1. The van der Waals surface area contributed by atoms with E-state index < -0.39 is 5.91 Å². The van der Waals surface area contributed by atoms with Crippen LogP contribution < -0.4 is 10.6 Å². The summed E-state index contributed by atoms with van der Waals surface area (Å²) < 4.78 is 13.7. The zero-order valence-corrected chi connectivity index (χ0v) is 15.8. The number of halogens is 2. The average molecular weight is 404 g/mol. The zero-order valence-electron chi connectivity index (χ0n) is 14.3. The van der Waals surface area contributed by atoms with Crippen LogP contribution in [0.1, 0.15) is 28.0 Å². The van der Waals surface area contributed by atoms with Crippen LogP contribution in [0.2, 0.25) is 5.02 Å². The van der Waals surface area contributed by atoms with Gasteiger partial charge in [-0.2, -0.15) is 0 Å². The molecule has 8 heteroatoms. The largest absolute Gasteiger partial charge is 0.326 e. The summed E-state index contributed by atoms with van der Waals surface area (Å²) in [5.41, 5.74) is 1.69. The van der Waals surface area contributed by atoms with Gasteiger partial charge in [0.1, 0.15) is 11.5 Å². The minimum absolute atomic E-state index is 0.215. The molecule has 2 N–H and O–H groups in total. The molecule has 0 fully saturated rings. The highest BCUT2D eigenvalue weighted by Gasteiger charge is 2.14. The topological polar surface area (TPSA) is 71.1 Å². The van der Waals surface area contributed by atoms with Crippen LogP contribution in [-0.4, -0.2) is 16.8 Å². The van der Waals surface area contributed by atoms with Crippen LogP contribution in [0.5, 0.6) is 0 Å². The number of nitrogens with one attached hydrogen (secondary N) is 2. The van der Waals surface area contributed by atoms with E-state index in [9.17, 15) is 14.0 Å². The Morgan fingerprint density at radius 1 is 1.19 bits per heavy atom. The number of amides is 2. The van der Waals surface area contributed by atoms with Crippen molar-refractivity contribution < 1.29 is 14.0 Å². The van der Waals surface area contributed by atoms with E-state index in [1.807, 2.05) is 0 Å². The summed E-state index contributed by atoms with van der Waals surface area (Å²) in [6, 6.07) is 11.2. The highest BCUT2D eigenvalue weighted by molar-refractivity contribution is 7.09. The third-order valence-electron chi connectivity index (χ3n) is 3.62. The van der Waals surface area contributed by atoms with Gasteiger partial charge >= 0.3 is 0 Å². The van der Waals surface area contributed by atoms with Crippen molar-refractivity contribution in [2.75, 3.05) is 10.6 Å². The van der Waals surface area contributed by atoms with E-state index in [-0.39, 0.29) is 22.4 Å². The number of benzene rings is 2. The van der Waals surface area contributed by atoms with Crippen molar-refractivity contribution in [3.8, 4) is 0 Å². The Kier molecular flexibility index (Phi) is 5.83. The lowest BCUT2D eigenvalue weighted by atomic mass is 10.1. The molecular weight excluding hydrogens is 389 g/mol. The van der Waals surface area contributed by atoms with E-state index in [0.29, 0.717) is 28.4 Å². The van der Waals surface area contributed by atoms with E-state index in [2.05, 4.69) is 15.6 Å². The van der Waals surface area contributed by atoms with Gasteiger partial charge in [0.25, 0.3) is 5.91 Å². The second kappa shape index (κ2) is 8.28. The van der Waals surface area contributed by atoms with Crippen molar-refractivity contribution in [1.82, 2.24) is 4.98 Å². The number of rotatable bonds is 5. The predicted octanol–water partition coefficient (Wildman–Crippen LogP) is 4.74. The normalized spacial score (nSPS) is 10.5. The van der Waals surface area contributed by atoms with Gasteiger partial charge in [-0.05, 0) is 29.8 Å². The van der Waals surface area contributed by atoms with Gasteiger partial charge in [-0.1, -0.05) is 29.8 Å². The Hall–Kier alpha value is -2.77. The smallest absolute Gasteiger partial charge is 0.275 e. The quantitative estimate of drug-likeness (QED) is 0.646. The van der Waals surface area contributed by atoms with Crippen LogP contribution in [0.3, 0.4) is 0 Å². The molecular formula is C19H15ClFN3O2S. The summed E-state index contributed by atoms with van der Waals surface area (Å²) in [5.74, 6) is -0.933. The Bertz CT molecular complexity index is 1010. The summed E-state index contributed by atoms with van der Waals surface area (Å²) >= 11 is 7.44. The lowest BCUT2D eigenvalue weighted by molar-refractivity contribution is -0.114. The van der Waals surface area contributed by atoms with Crippen LogP contribution >= 0.6 is 22.9 Å². The maximum Gasteiger partial charge on any atom is 0.275 e. The first-order valence-corrected chi connectivity index (χ1v) is 9.24. The summed E-state index contributed by atoms with van der Waals surface area (Å²) in [7, 11) is 0. The van der Waals surface area contributed by atoms with Gasteiger partial charge in [0.05, 0.1) is 15.7 Å². The number of nitrogens with zero attached hydrogens (tertiary/aromatic N) is 1. The Balaban J connectivity index is 1.69. The Labute approximate surface area is 164 Å². The average Bonchev–Trinajstić information content (AvgIpc) is 3.07. The number of hydrogen-bond acceptors (Lipinski definition) is 4. The van der Waals surface area contributed by atoms with Crippen molar-refractivity contribution in [1.29, 1.82) is 0 Å². The molecule has 3 aromatic rings. The molecule has 0 radical (unpaired) electrons. The van der Waals surface area contributed by atoms with Crippen molar-refractivity contribution >= 4 is 46.1 Å². The van der Waals surface area contributed by atoms with Gasteiger partial charge in [0.15, 0.2) is 0 Å². The van der Waals surface area contributed by atoms with Gasteiger partial charge in [-0.25, -0.2) is 9.37 Å². The third-order valence-corrected chi connectivity index (χ3v) is 4.78. The molecule has 0 aliphatic heterocycles. The van der Waals surface area contributed by atoms with Crippen molar-refractivity contribution in [3.63, 3.8) is 0 Å². The van der Waals surface area contributed by atoms with E-state index in [0.717, 1.165) is 0 Å². The molecule has 138 valence electrons. The summed E-state index contributed by atoms with van der Waals surface area (Å²) in [4.78, 5) is 27.7. The molecule has 2 amide bonds. The molecule has 1 aromatic heterocycles. The number of carbonyl (C=O) groups excluding carboxylic acids is 2. The fourth-order valence-corrected chi connectivity index (χ4v) is 3.41. The molecule has 0 atom stereocenters. The fraction of sp³-hybridized carbons (Fsp3) is 0.105. The molecule has 1 heterocycles. The van der Waals surface area contributed by atoms with Gasteiger partial charge < -0.3 is 10.6 Å². The lowest BCUT2D eigenvalue weighted by Gasteiger charge is -2.08.